The first-order chi connectivity index (χ1) is 8.70. The van der Waals surface area contributed by atoms with E-state index in [1.54, 1.807) is 18.5 Å². The smallest absolute Gasteiger partial charge is 0.164 e. The summed E-state index contributed by atoms with van der Waals surface area (Å²) in [5.41, 5.74) is 0.768. The lowest BCUT2D eigenvalue weighted by Gasteiger charge is -2.26. The van der Waals surface area contributed by atoms with Gasteiger partial charge in [-0.15, -0.1) is 0 Å². The van der Waals surface area contributed by atoms with Crippen LogP contribution in [0, 0.1) is 11.3 Å². The summed E-state index contributed by atoms with van der Waals surface area (Å²) in [6, 6.07) is 1.78. The highest BCUT2D eigenvalue weighted by molar-refractivity contribution is 5.96. The Morgan fingerprint density at radius 3 is 2.42 bits per heavy atom. The van der Waals surface area contributed by atoms with Crippen molar-refractivity contribution in [3.05, 3.63) is 24.0 Å². The van der Waals surface area contributed by atoms with Crippen molar-refractivity contribution in [1.29, 1.82) is 0 Å². The van der Waals surface area contributed by atoms with Crippen molar-refractivity contribution < 1.29 is 9.53 Å². The predicted octanol–water partition coefficient (Wildman–Crippen LogP) is 4.12. The third kappa shape index (κ3) is 5.01. The molecular weight excluding hydrogens is 238 g/mol. The number of ether oxygens (including phenoxy) is 1. The fourth-order valence-corrected chi connectivity index (χ4v) is 1.61. The van der Waals surface area contributed by atoms with Gasteiger partial charge in [-0.3, -0.25) is 9.78 Å². The second kappa shape index (κ2) is 6.18. The molecule has 0 amide bonds. The molecular formula is C16H25NO2. The Bertz CT molecular complexity index is 433. The van der Waals surface area contributed by atoms with Gasteiger partial charge in [0.25, 0.3) is 0 Å². The van der Waals surface area contributed by atoms with Gasteiger partial charge in [0.15, 0.2) is 5.78 Å². The van der Waals surface area contributed by atoms with Crippen LogP contribution in [0.1, 0.15) is 58.3 Å². The lowest BCUT2D eigenvalue weighted by molar-refractivity contribution is 0.0926. The number of rotatable bonds is 5. The summed E-state index contributed by atoms with van der Waals surface area (Å²) in [6.07, 6.45) is 3.88. The van der Waals surface area contributed by atoms with Crippen LogP contribution in [0.25, 0.3) is 0 Å². The van der Waals surface area contributed by atoms with Crippen LogP contribution < -0.4 is 4.74 Å². The average Bonchev–Trinajstić information content (AvgIpc) is 2.27. The number of nitrogens with zero attached hydrogens (tertiary/aromatic N) is 1. The minimum atomic E-state index is 0.0839. The van der Waals surface area contributed by atoms with E-state index >= 15 is 0 Å². The van der Waals surface area contributed by atoms with E-state index in [0.29, 0.717) is 23.7 Å². The zero-order chi connectivity index (χ0) is 14.6. The molecule has 0 aromatic carbocycles. The van der Waals surface area contributed by atoms with E-state index in [1.807, 2.05) is 13.8 Å². The zero-order valence-corrected chi connectivity index (χ0v) is 12.9. The Labute approximate surface area is 116 Å². The monoisotopic (exact) mass is 263 g/mol. The fourth-order valence-electron chi connectivity index (χ4n) is 1.61. The van der Waals surface area contributed by atoms with Crippen LogP contribution >= 0.6 is 0 Å². The van der Waals surface area contributed by atoms with Crippen molar-refractivity contribution in [2.75, 3.05) is 0 Å². The molecule has 19 heavy (non-hydrogen) atoms. The van der Waals surface area contributed by atoms with Crippen molar-refractivity contribution in [2.24, 2.45) is 11.3 Å². The van der Waals surface area contributed by atoms with Crippen LogP contribution in [0.15, 0.2) is 18.5 Å². The lowest BCUT2D eigenvalue weighted by Crippen LogP contribution is -2.20. The lowest BCUT2D eigenvalue weighted by atomic mass is 9.79. The molecule has 1 aromatic rings. The van der Waals surface area contributed by atoms with Crippen LogP contribution in [-0.4, -0.2) is 16.9 Å². The summed E-state index contributed by atoms with van der Waals surface area (Å²) in [5, 5.41) is 0. The zero-order valence-electron chi connectivity index (χ0n) is 12.9. The number of pyridine rings is 1. The molecule has 1 unspecified atom stereocenters. The second-order valence-corrected chi connectivity index (χ2v) is 6.47. The van der Waals surface area contributed by atoms with Gasteiger partial charge in [-0.2, -0.15) is 0 Å². The minimum Gasteiger partial charge on any atom is -0.489 e. The second-order valence-electron chi connectivity index (χ2n) is 6.47. The minimum absolute atomic E-state index is 0.0839. The van der Waals surface area contributed by atoms with Crippen LogP contribution in [0.5, 0.6) is 5.75 Å². The van der Waals surface area contributed by atoms with Gasteiger partial charge in [-0.05, 0) is 31.2 Å². The molecule has 0 saturated carbocycles. The highest BCUT2D eigenvalue weighted by Crippen LogP contribution is 2.29. The number of Topliss-reactive ketones (excluding diaryl/α,β-unsaturated/α-hetero) is 1. The van der Waals surface area contributed by atoms with Crippen molar-refractivity contribution in [3.63, 3.8) is 0 Å². The normalized spacial score (nSPS) is 13.4. The summed E-state index contributed by atoms with van der Waals surface area (Å²) in [6.45, 7) is 12.5. The SMILES string of the molecule is CC(C)Oc1cncc(C(=O)CC(C)C(C)(C)C)c1. The summed E-state index contributed by atoms with van der Waals surface area (Å²) in [7, 11) is 0. The van der Waals surface area contributed by atoms with Crippen LogP contribution in [0.3, 0.4) is 0 Å². The highest BCUT2D eigenvalue weighted by atomic mass is 16.5. The molecule has 0 bridgehead atoms. The Kier molecular flexibility index (Phi) is 5.10. The van der Waals surface area contributed by atoms with Gasteiger partial charge in [0.2, 0.25) is 0 Å². The Morgan fingerprint density at radius 1 is 1.26 bits per heavy atom. The first kappa shape index (κ1) is 15.7. The van der Waals surface area contributed by atoms with E-state index in [2.05, 4.69) is 32.7 Å². The standard InChI is InChI=1S/C16H25NO2/c1-11(2)19-14-8-13(9-17-10-14)15(18)7-12(3)16(4,5)6/h8-12H,7H2,1-6H3. The Morgan fingerprint density at radius 2 is 1.89 bits per heavy atom. The molecule has 3 heteroatoms. The first-order valence-electron chi connectivity index (χ1n) is 6.85. The molecule has 0 N–H and O–H groups in total. The summed E-state index contributed by atoms with van der Waals surface area (Å²) in [5.74, 6) is 1.11. The van der Waals surface area contributed by atoms with Crippen LogP contribution in [0.4, 0.5) is 0 Å². The van der Waals surface area contributed by atoms with E-state index in [-0.39, 0.29) is 17.3 Å². The van der Waals surface area contributed by atoms with Gasteiger partial charge in [-0.25, -0.2) is 0 Å². The molecule has 0 spiro atoms. The number of hydrogen-bond donors (Lipinski definition) is 0. The first-order valence-corrected chi connectivity index (χ1v) is 6.85. The molecule has 1 aromatic heterocycles. The van der Waals surface area contributed by atoms with Gasteiger partial charge in [0.05, 0.1) is 12.3 Å². The number of carbonyl (C=O) groups excluding carboxylic acids is 1. The molecule has 0 fully saturated rings. The van der Waals surface area contributed by atoms with Gasteiger partial charge in [-0.1, -0.05) is 27.7 Å². The number of aromatic nitrogens is 1. The van der Waals surface area contributed by atoms with E-state index < -0.39 is 0 Å². The fraction of sp³-hybridized carbons (Fsp3) is 0.625. The molecule has 1 heterocycles. The summed E-state index contributed by atoms with van der Waals surface area (Å²) in [4.78, 5) is 16.3. The topological polar surface area (TPSA) is 39.2 Å². The molecule has 0 aliphatic rings. The van der Waals surface area contributed by atoms with Gasteiger partial charge < -0.3 is 4.74 Å². The maximum atomic E-state index is 12.2. The number of ketones is 1. The maximum absolute atomic E-state index is 12.2. The van der Waals surface area contributed by atoms with Crippen molar-refractivity contribution in [1.82, 2.24) is 4.98 Å². The Balaban J connectivity index is 2.77. The predicted molar refractivity (Wildman–Crippen MR) is 77.6 cm³/mol. The number of carbonyl (C=O) groups is 1. The Hall–Kier alpha value is -1.38. The number of hydrogen-bond acceptors (Lipinski definition) is 3. The van der Waals surface area contributed by atoms with Gasteiger partial charge in [0, 0.05) is 18.2 Å². The quantitative estimate of drug-likeness (QED) is 0.750. The van der Waals surface area contributed by atoms with Crippen molar-refractivity contribution in [2.45, 2.75) is 54.1 Å². The van der Waals surface area contributed by atoms with E-state index in [0.717, 1.165) is 0 Å². The summed E-state index contributed by atoms with van der Waals surface area (Å²) >= 11 is 0. The third-order valence-corrected chi connectivity index (χ3v) is 3.38. The average molecular weight is 263 g/mol. The van der Waals surface area contributed by atoms with Crippen molar-refractivity contribution >= 4 is 5.78 Å². The molecule has 106 valence electrons. The molecule has 0 radical (unpaired) electrons. The van der Waals surface area contributed by atoms with Gasteiger partial charge >= 0.3 is 0 Å². The largest absolute Gasteiger partial charge is 0.489 e. The van der Waals surface area contributed by atoms with Crippen LogP contribution in [0.2, 0.25) is 0 Å². The highest BCUT2D eigenvalue weighted by Gasteiger charge is 2.23. The molecule has 1 atom stereocenters. The molecule has 0 aliphatic heterocycles. The molecule has 3 nitrogen and oxygen atoms in total. The molecule has 0 saturated heterocycles. The van der Waals surface area contributed by atoms with E-state index in [9.17, 15) is 4.79 Å². The molecule has 1 rings (SSSR count). The van der Waals surface area contributed by atoms with Crippen molar-refractivity contribution in [3.8, 4) is 5.75 Å². The maximum Gasteiger partial charge on any atom is 0.164 e. The van der Waals surface area contributed by atoms with E-state index in [1.165, 1.54) is 0 Å². The van der Waals surface area contributed by atoms with Crippen LogP contribution in [-0.2, 0) is 0 Å². The van der Waals surface area contributed by atoms with Gasteiger partial charge in [0.1, 0.15) is 5.75 Å². The van der Waals surface area contributed by atoms with E-state index in [4.69, 9.17) is 4.74 Å². The third-order valence-electron chi connectivity index (χ3n) is 3.38. The molecule has 0 aliphatic carbocycles. The summed E-state index contributed by atoms with van der Waals surface area (Å²) < 4.78 is 5.56.